The molecule has 3 aromatic carbocycles. The van der Waals surface area contributed by atoms with E-state index in [0.29, 0.717) is 18.9 Å². The molecule has 2 N–H and O–H groups in total. The number of hydrogen-bond donors (Lipinski definition) is 2. The number of hydrogen-bond acceptors (Lipinski definition) is 5. The van der Waals surface area contributed by atoms with Crippen molar-refractivity contribution in [2.24, 2.45) is 5.92 Å². The van der Waals surface area contributed by atoms with Crippen LogP contribution in [-0.2, 0) is 17.6 Å². The molecule has 1 aromatic heterocycles. The molecule has 0 aliphatic carbocycles. The van der Waals surface area contributed by atoms with Crippen LogP contribution < -0.4 is 10.1 Å². The van der Waals surface area contributed by atoms with Crippen LogP contribution in [0, 0.1) is 5.92 Å². The third-order valence-corrected chi connectivity index (χ3v) is 8.77. The highest BCUT2D eigenvalue weighted by molar-refractivity contribution is 5.84. The first-order valence-corrected chi connectivity index (χ1v) is 16.4. The Hall–Kier alpha value is -3.74. The first-order valence-electron chi connectivity index (χ1n) is 16.4. The summed E-state index contributed by atoms with van der Waals surface area (Å²) in [6.07, 6.45) is 9.97. The van der Waals surface area contributed by atoms with Crippen LogP contribution in [0.3, 0.4) is 0 Å². The van der Waals surface area contributed by atoms with Crippen LogP contribution in [0.1, 0.15) is 56.1 Å². The van der Waals surface area contributed by atoms with Crippen molar-refractivity contribution in [3.05, 3.63) is 108 Å². The third-order valence-electron chi connectivity index (χ3n) is 8.77. The van der Waals surface area contributed by atoms with Crippen molar-refractivity contribution in [1.82, 2.24) is 15.2 Å². The molecule has 0 spiro atoms. The molecule has 6 nitrogen and oxygen atoms in total. The number of aliphatic hydroxyl groups excluding tert-OH is 1. The lowest BCUT2D eigenvalue weighted by atomic mass is 9.92. The molecule has 1 amide bonds. The molecule has 0 saturated carbocycles. The summed E-state index contributed by atoms with van der Waals surface area (Å²) in [5.41, 5.74) is 3.60. The molecule has 1 unspecified atom stereocenters. The number of carbonyl (C=O) groups excluding carboxylic acids is 1. The Morgan fingerprint density at radius 2 is 1.52 bits per heavy atom. The van der Waals surface area contributed by atoms with Gasteiger partial charge in [-0.05, 0) is 106 Å². The Morgan fingerprint density at radius 1 is 0.864 bits per heavy atom. The highest BCUT2D eigenvalue weighted by Gasteiger charge is 2.24. The number of nitrogens with zero attached hydrogens (tertiary/aromatic N) is 2. The molecule has 2 heterocycles. The molecule has 232 valence electrons. The van der Waals surface area contributed by atoms with E-state index in [2.05, 4.69) is 75.9 Å². The number of benzene rings is 3. The van der Waals surface area contributed by atoms with E-state index in [1.54, 1.807) is 6.20 Å². The fourth-order valence-corrected chi connectivity index (χ4v) is 6.34. The SMILES string of the molecule is O=C(CC1CCN(CC(O)COc2cccc3ncccc23)CC1)NC(CCCc1ccccc1)CCCc1ccccc1. The maximum atomic E-state index is 13.2. The normalized spacial score (nSPS) is 15.0. The van der Waals surface area contributed by atoms with Gasteiger partial charge in [0.2, 0.25) is 5.91 Å². The number of carbonyl (C=O) groups is 1. The monoisotopic (exact) mass is 593 g/mol. The molecule has 6 heteroatoms. The molecule has 1 aliphatic rings. The lowest BCUT2D eigenvalue weighted by Gasteiger charge is -2.33. The quantitative estimate of drug-likeness (QED) is 0.153. The van der Waals surface area contributed by atoms with E-state index in [-0.39, 0.29) is 18.6 Å². The molecule has 1 saturated heterocycles. The van der Waals surface area contributed by atoms with Gasteiger partial charge in [-0.3, -0.25) is 9.78 Å². The topological polar surface area (TPSA) is 74.7 Å². The van der Waals surface area contributed by atoms with Gasteiger partial charge in [0.1, 0.15) is 18.5 Å². The van der Waals surface area contributed by atoms with Crippen molar-refractivity contribution in [3.8, 4) is 5.75 Å². The zero-order valence-electron chi connectivity index (χ0n) is 25.8. The van der Waals surface area contributed by atoms with Crippen molar-refractivity contribution in [2.45, 2.75) is 69.9 Å². The van der Waals surface area contributed by atoms with Gasteiger partial charge in [-0.25, -0.2) is 0 Å². The summed E-state index contributed by atoms with van der Waals surface area (Å²) >= 11 is 0. The van der Waals surface area contributed by atoms with Gasteiger partial charge in [0, 0.05) is 30.6 Å². The number of rotatable bonds is 16. The van der Waals surface area contributed by atoms with Gasteiger partial charge in [-0.2, -0.15) is 0 Å². The lowest BCUT2D eigenvalue weighted by Crippen LogP contribution is -2.42. The van der Waals surface area contributed by atoms with Gasteiger partial charge in [0.15, 0.2) is 0 Å². The molecule has 0 radical (unpaired) electrons. The molecule has 5 rings (SSSR count). The number of pyridine rings is 1. The Morgan fingerprint density at radius 3 is 2.18 bits per heavy atom. The van der Waals surface area contributed by atoms with Crippen LogP contribution >= 0.6 is 0 Å². The van der Waals surface area contributed by atoms with Crippen LogP contribution in [0.15, 0.2) is 97.2 Å². The molecular formula is C38H47N3O3. The summed E-state index contributed by atoms with van der Waals surface area (Å²) in [6.45, 7) is 2.61. The Labute approximate surface area is 262 Å². The standard InChI is InChI=1S/C38H47N3O3/c42-34(29-44-37-21-9-20-36-35(37)19-10-24-39-36)28-41-25-22-32(23-26-41)27-38(43)40-33(17-7-15-30-11-3-1-4-12-30)18-8-16-31-13-5-2-6-14-31/h1-6,9-14,19-21,24,32-34,42H,7-8,15-18,22-23,25-29H2,(H,40,43). The second kappa shape index (κ2) is 16.9. The molecule has 1 aliphatic heterocycles. The zero-order chi connectivity index (χ0) is 30.4. The van der Waals surface area contributed by atoms with Crippen LogP contribution in [-0.4, -0.2) is 59.3 Å². The van der Waals surface area contributed by atoms with Crippen LogP contribution in [0.2, 0.25) is 0 Å². The highest BCUT2D eigenvalue weighted by atomic mass is 16.5. The number of β-amino-alcohol motifs (C(OH)–C–C–N with tert-alkyl or cyclic N) is 1. The third kappa shape index (κ3) is 10.2. The van der Waals surface area contributed by atoms with Gasteiger partial charge in [0.05, 0.1) is 5.52 Å². The molecule has 1 atom stereocenters. The molecule has 1 fully saturated rings. The number of likely N-dealkylation sites (tertiary alicyclic amines) is 1. The van der Waals surface area contributed by atoms with E-state index in [9.17, 15) is 9.90 Å². The highest BCUT2D eigenvalue weighted by Crippen LogP contribution is 2.25. The average molecular weight is 594 g/mol. The van der Waals surface area contributed by atoms with E-state index < -0.39 is 6.10 Å². The maximum absolute atomic E-state index is 13.2. The average Bonchev–Trinajstić information content (AvgIpc) is 3.05. The number of aryl methyl sites for hydroxylation is 2. The number of amides is 1. The fourth-order valence-electron chi connectivity index (χ4n) is 6.34. The molecular weight excluding hydrogens is 546 g/mol. The van der Waals surface area contributed by atoms with Crippen molar-refractivity contribution in [3.63, 3.8) is 0 Å². The van der Waals surface area contributed by atoms with E-state index in [4.69, 9.17) is 4.74 Å². The number of aromatic nitrogens is 1. The van der Waals surface area contributed by atoms with Crippen molar-refractivity contribution in [1.29, 1.82) is 0 Å². The second-order valence-corrected chi connectivity index (χ2v) is 12.3. The van der Waals surface area contributed by atoms with Crippen LogP contribution in [0.4, 0.5) is 0 Å². The van der Waals surface area contributed by atoms with Gasteiger partial charge in [0.25, 0.3) is 0 Å². The van der Waals surface area contributed by atoms with Gasteiger partial charge in [-0.1, -0.05) is 66.7 Å². The Balaban J connectivity index is 1.03. The molecule has 44 heavy (non-hydrogen) atoms. The van der Waals surface area contributed by atoms with Gasteiger partial charge >= 0.3 is 0 Å². The summed E-state index contributed by atoms with van der Waals surface area (Å²) in [7, 11) is 0. The summed E-state index contributed by atoms with van der Waals surface area (Å²) in [5, 5.41) is 15.1. The van der Waals surface area contributed by atoms with Crippen LogP contribution in [0.25, 0.3) is 10.9 Å². The van der Waals surface area contributed by atoms with E-state index in [1.807, 2.05) is 30.3 Å². The maximum Gasteiger partial charge on any atom is 0.220 e. The fraction of sp³-hybridized carbons (Fsp3) is 0.421. The smallest absolute Gasteiger partial charge is 0.220 e. The van der Waals surface area contributed by atoms with E-state index in [1.165, 1.54) is 11.1 Å². The predicted molar refractivity (Wildman–Crippen MR) is 178 cm³/mol. The minimum atomic E-state index is -0.575. The second-order valence-electron chi connectivity index (χ2n) is 12.3. The molecule has 4 aromatic rings. The summed E-state index contributed by atoms with van der Waals surface area (Å²) in [6, 6.07) is 31.1. The van der Waals surface area contributed by atoms with E-state index in [0.717, 1.165) is 81.1 Å². The minimum Gasteiger partial charge on any atom is -0.490 e. The largest absolute Gasteiger partial charge is 0.490 e. The molecule has 0 bridgehead atoms. The van der Waals surface area contributed by atoms with Crippen molar-refractivity contribution >= 4 is 16.8 Å². The number of ether oxygens (including phenoxy) is 1. The van der Waals surface area contributed by atoms with Gasteiger partial charge < -0.3 is 20.1 Å². The lowest BCUT2D eigenvalue weighted by molar-refractivity contribution is -0.123. The number of nitrogens with one attached hydrogen (secondary N) is 1. The van der Waals surface area contributed by atoms with E-state index >= 15 is 0 Å². The first kappa shape index (κ1) is 31.7. The van der Waals surface area contributed by atoms with Crippen molar-refractivity contribution < 1.29 is 14.6 Å². The van der Waals surface area contributed by atoms with Gasteiger partial charge in [-0.15, -0.1) is 0 Å². The summed E-state index contributed by atoms with van der Waals surface area (Å²) in [4.78, 5) is 19.8. The number of fused-ring (bicyclic) bond motifs is 1. The van der Waals surface area contributed by atoms with Crippen LogP contribution in [0.5, 0.6) is 5.75 Å². The van der Waals surface area contributed by atoms with Crippen molar-refractivity contribution in [2.75, 3.05) is 26.2 Å². The number of piperidine rings is 1. The summed E-state index contributed by atoms with van der Waals surface area (Å²) < 4.78 is 5.97. The minimum absolute atomic E-state index is 0.186. The first-order chi connectivity index (χ1) is 21.6. The summed E-state index contributed by atoms with van der Waals surface area (Å²) in [5.74, 6) is 1.32. The Bertz CT molecular complexity index is 1360. The number of aliphatic hydroxyl groups is 1. The zero-order valence-corrected chi connectivity index (χ0v) is 25.8. The Kier molecular flexibility index (Phi) is 12.2. The predicted octanol–water partition coefficient (Wildman–Crippen LogP) is 6.61.